The molecule has 0 aliphatic rings. The molecule has 110 valence electrons. The van der Waals surface area contributed by atoms with E-state index in [9.17, 15) is 0 Å². The number of aryl methyl sites for hydroxylation is 2. The molecule has 2 N–H and O–H groups in total. The number of hydrogen-bond donors (Lipinski definition) is 1. The molecule has 0 aliphatic carbocycles. The van der Waals surface area contributed by atoms with Crippen molar-refractivity contribution in [3.63, 3.8) is 0 Å². The van der Waals surface area contributed by atoms with E-state index in [1.54, 1.807) is 7.11 Å². The van der Waals surface area contributed by atoms with Crippen molar-refractivity contribution in [2.45, 2.75) is 27.0 Å². The van der Waals surface area contributed by atoms with Gasteiger partial charge in [-0.1, -0.05) is 11.2 Å². The molecule has 3 aromatic rings. The number of hydrogen-bond acceptors (Lipinski definition) is 5. The van der Waals surface area contributed by atoms with Crippen LogP contribution in [0.3, 0.4) is 0 Å². The van der Waals surface area contributed by atoms with E-state index in [2.05, 4.69) is 14.7 Å². The third-order valence-corrected chi connectivity index (χ3v) is 3.66. The summed E-state index contributed by atoms with van der Waals surface area (Å²) in [5.41, 5.74) is 10.4. The van der Waals surface area contributed by atoms with Gasteiger partial charge in [-0.25, -0.2) is 4.98 Å². The number of nitrogens with two attached hydrogens (primary N) is 1. The molecule has 0 saturated carbocycles. The molecule has 0 aliphatic heterocycles. The maximum Gasteiger partial charge on any atom is 0.138 e. The van der Waals surface area contributed by atoms with Gasteiger partial charge in [0.15, 0.2) is 0 Å². The minimum Gasteiger partial charge on any atom is -0.397 e. The van der Waals surface area contributed by atoms with Crippen LogP contribution in [0.15, 0.2) is 22.7 Å². The number of nitrogens with zero attached hydrogens (tertiary/aromatic N) is 3. The smallest absolute Gasteiger partial charge is 0.138 e. The summed E-state index contributed by atoms with van der Waals surface area (Å²) in [6, 6.07) is 5.79. The molecule has 0 saturated heterocycles. The number of benzene rings is 1. The zero-order valence-corrected chi connectivity index (χ0v) is 12.4. The third kappa shape index (κ3) is 2.27. The lowest BCUT2D eigenvalue weighted by Gasteiger charge is -2.08. The highest BCUT2D eigenvalue weighted by Gasteiger charge is 2.16. The van der Waals surface area contributed by atoms with Crippen LogP contribution in [0.2, 0.25) is 0 Å². The van der Waals surface area contributed by atoms with Gasteiger partial charge in [0.05, 0.1) is 23.4 Å². The van der Waals surface area contributed by atoms with E-state index in [0.717, 1.165) is 33.9 Å². The van der Waals surface area contributed by atoms with Crippen LogP contribution >= 0.6 is 0 Å². The lowest BCUT2D eigenvalue weighted by atomic mass is 10.2. The molecule has 0 fully saturated rings. The predicted molar refractivity (Wildman–Crippen MR) is 79.9 cm³/mol. The van der Waals surface area contributed by atoms with Gasteiger partial charge in [-0.15, -0.1) is 0 Å². The molecule has 3 rings (SSSR count). The van der Waals surface area contributed by atoms with Crippen LogP contribution in [0.4, 0.5) is 5.69 Å². The Labute approximate surface area is 122 Å². The van der Waals surface area contributed by atoms with Gasteiger partial charge in [0, 0.05) is 12.7 Å². The Bertz CT molecular complexity index is 769. The lowest BCUT2D eigenvalue weighted by Crippen LogP contribution is -2.07. The van der Waals surface area contributed by atoms with Gasteiger partial charge in [0.25, 0.3) is 0 Å². The predicted octanol–water partition coefficient (Wildman–Crippen LogP) is 2.42. The number of fused-ring (bicyclic) bond motifs is 1. The summed E-state index contributed by atoms with van der Waals surface area (Å²) in [4.78, 5) is 4.60. The van der Waals surface area contributed by atoms with Crippen molar-refractivity contribution in [1.82, 2.24) is 14.7 Å². The van der Waals surface area contributed by atoms with Gasteiger partial charge < -0.3 is 19.6 Å². The minimum absolute atomic E-state index is 0.428. The molecule has 0 bridgehead atoms. The van der Waals surface area contributed by atoms with Crippen molar-refractivity contribution in [1.29, 1.82) is 0 Å². The van der Waals surface area contributed by atoms with Crippen molar-refractivity contribution >= 4 is 16.7 Å². The first-order valence-corrected chi connectivity index (χ1v) is 6.76. The number of nitrogen functional groups attached to an aromatic ring is 1. The van der Waals surface area contributed by atoms with Crippen LogP contribution in [0.5, 0.6) is 0 Å². The standard InChI is InChI=1S/C15H18N4O2/c1-9-11(10(2)21-18-9)7-19-13-6-4-5-12(16)15(13)17-14(19)8-20-3/h4-6H,7-8,16H2,1-3H3. The molecular weight excluding hydrogens is 268 g/mol. The van der Waals surface area contributed by atoms with E-state index in [1.165, 1.54) is 0 Å². The quantitative estimate of drug-likeness (QED) is 0.745. The Balaban J connectivity index is 2.16. The van der Waals surface area contributed by atoms with Crippen LogP contribution < -0.4 is 5.73 Å². The van der Waals surface area contributed by atoms with Crippen molar-refractivity contribution in [2.24, 2.45) is 0 Å². The van der Waals surface area contributed by atoms with Crippen LogP contribution in [-0.2, 0) is 17.9 Å². The van der Waals surface area contributed by atoms with Crippen LogP contribution in [0.1, 0.15) is 22.8 Å². The van der Waals surface area contributed by atoms with E-state index in [-0.39, 0.29) is 0 Å². The molecule has 0 atom stereocenters. The number of ether oxygens (including phenoxy) is 1. The fourth-order valence-electron chi connectivity index (χ4n) is 2.52. The molecule has 0 spiro atoms. The van der Waals surface area contributed by atoms with Gasteiger partial charge in [-0.2, -0.15) is 0 Å². The molecule has 2 aromatic heterocycles. The second-order valence-corrected chi connectivity index (χ2v) is 5.06. The first-order valence-electron chi connectivity index (χ1n) is 6.76. The van der Waals surface area contributed by atoms with E-state index in [0.29, 0.717) is 18.8 Å². The highest BCUT2D eigenvalue weighted by atomic mass is 16.5. The fraction of sp³-hybridized carbons (Fsp3) is 0.333. The number of imidazole rings is 1. The monoisotopic (exact) mass is 286 g/mol. The fourth-order valence-corrected chi connectivity index (χ4v) is 2.52. The zero-order valence-electron chi connectivity index (χ0n) is 12.4. The van der Waals surface area contributed by atoms with Gasteiger partial charge in [0.2, 0.25) is 0 Å². The van der Waals surface area contributed by atoms with Gasteiger partial charge in [-0.05, 0) is 26.0 Å². The number of para-hydroxylation sites is 1. The first-order chi connectivity index (χ1) is 10.1. The Morgan fingerprint density at radius 2 is 2.14 bits per heavy atom. The molecule has 0 amide bonds. The molecule has 0 radical (unpaired) electrons. The number of anilines is 1. The van der Waals surface area contributed by atoms with Gasteiger partial charge in [-0.3, -0.25) is 0 Å². The lowest BCUT2D eigenvalue weighted by molar-refractivity contribution is 0.175. The molecule has 2 heterocycles. The van der Waals surface area contributed by atoms with Crippen LogP contribution in [0, 0.1) is 13.8 Å². The van der Waals surface area contributed by atoms with Crippen LogP contribution in [-0.4, -0.2) is 21.8 Å². The van der Waals surface area contributed by atoms with Crippen molar-refractivity contribution in [3.8, 4) is 0 Å². The topological polar surface area (TPSA) is 79.1 Å². The van der Waals surface area contributed by atoms with Crippen molar-refractivity contribution in [2.75, 3.05) is 12.8 Å². The maximum atomic E-state index is 6.02. The number of aromatic nitrogens is 3. The van der Waals surface area contributed by atoms with Gasteiger partial charge >= 0.3 is 0 Å². The van der Waals surface area contributed by atoms with Crippen LogP contribution in [0.25, 0.3) is 11.0 Å². The summed E-state index contributed by atoms with van der Waals surface area (Å²) in [7, 11) is 1.66. The maximum absolute atomic E-state index is 6.02. The highest BCUT2D eigenvalue weighted by molar-refractivity contribution is 5.87. The summed E-state index contributed by atoms with van der Waals surface area (Å²) in [5, 5.41) is 4.01. The Morgan fingerprint density at radius 3 is 2.81 bits per heavy atom. The second-order valence-electron chi connectivity index (χ2n) is 5.06. The number of rotatable bonds is 4. The molecular formula is C15H18N4O2. The average Bonchev–Trinajstić information content (AvgIpc) is 2.96. The normalized spacial score (nSPS) is 11.4. The third-order valence-electron chi connectivity index (χ3n) is 3.66. The molecule has 1 aromatic carbocycles. The summed E-state index contributed by atoms with van der Waals surface area (Å²) in [5.74, 6) is 1.66. The average molecular weight is 286 g/mol. The van der Waals surface area contributed by atoms with Gasteiger partial charge in [0.1, 0.15) is 23.7 Å². The van der Waals surface area contributed by atoms with Crippen molar-refractivity contribution in [3.05, 3.63) is 41.0 Å². The summed E-state index contributed by atoms with van der Waals surface area (Å²) < 4.78 is 12.6. The number of methoxy groups -OCH3 is 1. The second kappa shape index (κ2) is 5.21. The zero-order chi connectivity index (χ0) is 15.0. The minimum atomic E-state index is 0.428. The first kappa shape index (κ1) is 13.6. The highest BCUT2D eigenvalue weighted by Crippen LogP contribution is 2.24. The van der Waals surface area contributed by atoms with E-state index >= 15 is 0 Å². The largest absolute Gasteiger partial charge is 0.397 e. The summed E-state index contributed by atoms with van der Waals surface area (Å²) in [6.07, 6.45) is 0. The summed E-state index contributed by atoms with van der Waals surface area (Å²) >= 11 is 0. The molecule has 0 unspecified atom stereocenters. The van der Waals surface area contributed by atoms with Crippen molar-refractivity contribution < 1.29 is 9.26 Å². The SMILES string of the molecule is COCc1nc2c(N)cccc2n1Cc1c(C)noc1C. The molecule has 6 heteroatoms. The Kier molecular flexibility index (Phi) is 3.39. The van der Waals surface area contributed by atoms with E-state index in [1.807, 2.05) is 32.0 Å². The Morgan fingerprint density at radius 1 is 1.33 bits per heavy atom. The Hall–Kier alpha value is -2.34. The van der Waals surface area contributed by atoms with E-state index < -0.39 is 0 Å². The molecule has 21 heavy (non-hydrogen) atoms. The summed E-state index contributed by atoms with van der Waals surface area (Å²) in [6.45, 7) is 4.92. The molecule has 6 nitrogen and oxygen atoms in total. The van der Waals surface area contributed by atoms with E-state index in [4.69, 9.17) is 15.0 Å².